The normalized spacial score (nSPS) is 10.8. The summed E-state index contributed by atoms with van der Waals surface area (Å²) in [6.07, 6.45) is 6.07. The minimum absolute atomic E-state index is 0.324. The van der Waals surface area contributed by atoms with Crippen LogP contribution in [0, 0.1) is 0 Å². The molecule has 0 radical (unpaired) electrons. The Morgan fingerprint density at radius 2 is 2.25 bits per heavy atom. The first kappa shape index (κ1) is 11.4. The van der Waals surface area contributed by atoms with Gasteiger partial charge in [0.05, 0.1) is 6.61 Å². The van der Waals surface area contributed by atoms with Crippen molar-refractivity contribution in [1.29, 1.82) is 0 Å². The summed E-state index contributed by atoms with van der Waals surface area (Å²) in [6, 6.07) is 0. The van der Waals surface area contributed by atoms with Gasteiger partial charge in [-0.1, -0.05) is 19.1 Å². The van der Waals surface area contributed by atoms with Gasteiger partial charge in [0.15, 0.2) is 0 Å². The summed E-state index contributed by atoms with van der Waals surface area (Å²) in [5.41, 5.74) is 0. The molecular weight excluding hydrogens is 152 g/mol. The molecule has 0 fully saturated rings. The summed E-state index contributed by atoms with van der Waals surface area (Å²) in [5, 5.41) is 0. The van der Waals surface area contributed by atoms with E-state index in [0.29, 0.717) is 31.8 Å². The molecule has 0 heterocycles. The maximum Gasteiger partial charge on any atom is 0.132 e. The Labute approximate surface area is 74.6 Å². The second kappa shape index (κ2) is 8.47. The van der Waals surface area contributed by atoms with E-state index in [9.17, 15) is 4.79 Å². The topological polar surface area (TPSA) is 26.3 Å². The standard InChI is InChI=1S/C10H18O2/c1-3-5-8-12-9-6-7-10(11)4-2/h3,5H,4,6-9H2,1-2H3/b5-3+. The van der Waals surface area contributed by atoms with Gasteiger partial charge in [-0.15, -0.1) is 0 Å². The molecule has 0 spiro atoms. The van der Waals surface area contributed by atoms with Gasteiger partial charge < -0.3 is 4.74 Å². The van der Waals surface area contributed by atoms with Gasteiger partial charge in [-0.2, -0.15) is 0 Å². The number of allylic oxidation sites excluding steroid dienone is 1. The van der Waals surface area contributed by atoms with Crippen LogP contribution in [0.5, 0.6) is 0 Å². The van der Waals surface area contributed by atoms with Crippen LogP contribution in [0.15, 0.2) is 12.2 Å². The molecule has 0 rings (SSSR count). The number of rotatable bonds is 7. The average molecular weight is 170 g/mol. The number of carbonyl (C=O) groups is 1. The summed E-state index contributed by atoms with van der Waals surface area (Å²) < 4.78 is 5.23. The summed E-state index contributed by atoms with van der Waals surface area (Å²) in [7, 11) is 0. The predicted molar refractivity (Wildman–Crippen MR) is 50.2 cm³/mol. The number of hydrogen-bond acceptors (Lipinski definition) is 2. The Balaban J connectivity index is 3.05. The summed E-state index contributed by atoms with van der Waals surface area (Å²) in [6.45, 7) is 5.21. The van der Waals surface area contributed by atoms with E-state index in [2.05, 4.69) is 0 Å². The zero-order chi connectivity index (χ0) is 9.23. The van der Waals surface area contributed by atoms with Crippen molar-refractivity contribution in [3.05, 3.63) is 12.2 Å². The molecule has 0 amide bonds. The average Bonchev–Trinajstić information content (AvgIpc) is 2.10. The Bertz CT molecular complexity index is 139. The van der Waals surface area contributed by atoms with Gasteiger partial charge in [0.25, 0.3) is 0 Å². The lowest BCUT2D eigenvalue weighted by atomic mass is 10.2. The first-order chi connectivity index (χ1) is 5.81. The molecule has 0 aromatic heterocycles. The van der Waals surface area contributed by atoms with Crippen LogP contribution in [-0.4, -0.2) is 19.0 Å². The Morgan fingerprint density at radius 3 is 2.83 bits per heavy atom. The number of hydrogen-bond donors (Lipinski definition) is 0. The third-order valence-electron chi connectivity index (χ3n) is 1.59. The Morgan fingerprint density at radius 1 is 1.50 bits per heavy atom. The van der Waals surface area contributed by atoms with Gasteiger partial charge in [0.1, 0.15) is 5.78 Å². The second-order valence-electron chi connectivity index (χ2n) is 2.64. The van der Waals surface area contributed by atoms with E-state index in [1.54, 1.807) is 0 Å². The molecule has 2 heteroatoms. The summed E-state index contributed by atoms with van der Waals surface area (Å²) >= 11 is 0. The first-order valence-electron chi connectivity index (χ1n) is 4.51. The molecule has 0 bridgehead atoms. The number of ketones is 1. The van der Waals surface area contributed by atoms with Gasteiger partial charge in [0.2, 0.25) is 0 Å². The highest BCUT2D eigenvalue weighted by atomic mass is 16.5. The lowest BCUT2D eigenvalue weighted by Crippen LogP contribution is -2.00. The monoisotopic (exact) mass is 170 g/mol. The molecule has 0 aliphatic heterocycles. The lowest BCUT2D eigenvalue weighted by Gasteiger charge is -1.99. The van der Waals surface area contributed by atoms with Crippen LogP contribution >= 0.6 is 0 Å². The second-order valence-corrected chi connectivity index (χ2v) is 2.64. The van der Waals surface area contributed by atoms with Gasteiger partial charge in [-0.05, 0) is 13.3 Å². The van der Waals surface area contributed by atoms with Crippen molar-refractivity contribution in [1.82, 2.24) is 0 Å². The predicted octanol–water partition coefficient (Wildman–Crippen LogP) is 2.34. The highest BCUT2D eigenvalue weighted by Gasteiger charge is 1.96. The van der Waals surface area contributed by atoms with Gasteiger partial charge in [0, 0.05) is 19.4 Å². The minimum Gasteiger partial charge on any atom is -0.377 e. The van der Waals surface area contributed by atoms with Crippen LogP contribution < -0.4 is 0 Å². The van der Waals surface area contributed by atoms with E-state index in [1.165, 1.54) is 0 Å². The molecule has 0 unspecified atom stereocenters. The zero-order valence-corrected chi connectivity index (χ0v) is 8.01. The van der Waals surface area contributed by atoms with E-state index < -0.39 is 0 Å². The molecule has 0 aromatic carbocycles. The maximum atomic E-state index is 10.8. The third kappa shape index (κ3) is 7.48. The number of Topliss-reactive ketones (excluding diaryl/α,β-unsaturated/α-hetero) is 1. The Kier molecular flexibility index (Phi) is 8.02. The van der Waals surface area contributed by atoms with E-state index in [0.717, 1.165) is 6.42 Å². The molecule has 0 aromatic rings. The van der Waals surface area contributed by atoms with Gasteiger partial charge in [-0.3, -0.25) is 4.79 Å². The van der Waals surface area contributed by atoms with Crippen molar-refractivity contribution in [2.45, 2.75) is 33.1 Å². The molecular formula is C10H18O2. The molecule has 0 saturated carbocycles. The Hall–Kier alpha value is -0.630. The van der Waals surface area contributed by atoms with Crippen molar-refractivity contribution >= 4 is 5.78 Å². The largest absolute Gasteiger partial charge is 0.377 e. The fourth-order valence-corrected chi connectivity index (χ4v) is 0.796. The van der Waals surface area contributed by atoms with Crippen molar-refractivity contribution < 1.29 is 9.53 Å². The van der Waals surface area contributed by atoms with Gasteiger partial charge in [-0.25, -0.2) is 0 Å². The molecule has 0 aliphatic rings. The molecule has 0 atom stereocenters. The van der Waals surface area contributed by atoms with Crippen LogP contribution in [-0.2, 0) is 9.53 Å². The highest BCUT2D eigenvalue weighted by Crippen LogP contribution is 1.94. The molecule has 2 nitrogen and oxygen atoms in total. The third-order valence-corrected chi connectivity index (χ3v) is 1.59. The van der Waals surface area contributed by atoms with E-state index in [-0.39, 0.29) is 0 Å². The highest BCUT2D eigenvalue weighted by molar-refractivity contribution is 5.77. The number of ether oxygens (including phenoxy) is 1. The van der Waals surface area contributed by atoms with Crippen molar-refractivity contribution in [3.8, 4) is 0 Å². The van der Waals surface area contributed by atoms with E-state index >= 15 is 0 Å². The van der Waals surface area contributed by atoms with E-state index in [4.69, 9.17) is 4.74 Å². The SMILES string of the molecule is C/C=C/COCCCC(=O)CC. The zero-order valence-electron chi connectivity index (χ0n) is 8.01. The van der Waals surface area contributed by atoms with Crippen LogP contribution in [0.4, 0.5) is 0 Å². The smallest absolute Gasteiger partial charge is 0.132 e. The first-order valence-corrected chi connectivity index (χ1v) is 4.51. The molecule has 0 N–H and O–H groups in total. The van der Waals surface area contributed by atoms with Crippen LogP contribution in [0.25, 0.3) is 0 Å². The van der Waals surface area contributed by atoms with E-state index in [1.807, 2.05) is 26.0 Å². The van der Waals surface area contributed by atoms with Crippen molar-refractivity contribution in [2.24, 2.45) is 0 Å². The maximum absolute atomic E-state index is 10.8. The quantitative estimate of drug-likeness (QED) is 0.433. The fraction of sp³-hybridized carbons (Fsp3) is 0.700. The molecule has 12 heavy (non-hydrogen) atoms. The molecule has 0 aliphatic carbocycles. The van der Waals surface area contributed by atoms with Crippen LogP contribution in [0.3, 0.4) is 0 Å². The minimum atomic E-state index is 0.324. The van der Waals surface area contributed by atoms with Crippen molar-refractivity contribution in [3.63, 3.8) is 0 Å². The molecule has 70 valence electrons. The van der Waals surface area contributed by atoms with Crippen LogP contribution in [0.2, 0.25) is 0 Å². The summed E-state index contributed by atoms with van der Waals surface area (Å²) in [4.78, 5) is 10.8. The lowest BCUT2D eigenvalue weighted by molar-refractivity contribution is -0.119. The molecule has 0 saturated heterocycles. The van der Waals surface area contributed by atoms with Crippen LogP contribution in [0.1, 0.15) is 33.1 Å². The van der Waals surface area contributed by atoms with Gasteiger partial charge >= 0.3 is 0 Å². The number of carbonyl (C=O) groups excluding carboxylic acids is 1. The fourth-order valence-electron chi connectivity index (χ4n) is 0.796. The summed E-state index contributed by atoms with van der Waals surface area (Å²) in [5.74, 6) is 0.324. The van der Waals surface area contributed by atoms with Crippen molar-refractivity contribution in [2.75, 3.05) is 13.2 Å².